The van der Waals surface area contributed by atoms with E-state index in [1.54, 1.807) is 30.3 Å². The Morgan fingerprint density at radius 3 is 2.50 bits per heavy atom. The molecule has 0 bridgehead atoms. The minimum atomic E-state index is 0.471. The van der Waals surface area contributed by atoms with Crippen molar-refractivity contribution in [3.8, 4) is 23.3 Å². The van der Waals surface area contributed by atoms with Crippen molar-refractivity contribution in [1.29, 1.82) is 5.26 Å². The van der Waals surface area contributed by atoms with Crippen LogP contribution in [0.3, 0.4) is 0 Å². The van der Waals surface area contributed by atoms with E-state index in [0.717, 1.165) is 0 Å². The van der Waals surface area contributed by atoms with E-state index >= 15 is 0 Å². The van der Waals surface area contributed by atoms with Crippen molar-refractivity contribution < 1.29 is 9.47 Å². The first-order valence-corrected chi connectivity index (χ1v) is 5.34. The normalized spacial score (nSPS) is 9.56. The smallest absolute Gasteiger partial charge is 0.150 e. The van der Waals surface area contributed by atoms with Gasteiger partial charge in [-0.3, -0.25) is 0 Å². The van der Waals surface area contributed by atoms with E-state index in [-0.39, 0.29) is 0 Å². The molecule has 0 aliphatic carbocycles. The van der Waals surface area contributed by atoms with Gasteiger partial charge in [0.25, 0.3) is 0 Å². The van der Waals surface area contributed by atoms with Gasteiger partial charge in [-0.15, -0.1) is 0 Å². The zero-order valence-corrected chi connectivity index (χ0v) is 9.88. The monoisotopic (exact) mass is 240 g/mol. The maximum absolute atomic E-state index is 8.92. The SMILES string of the molecule is COc1cc(C#N)cc(Oc2ccccc2N)c1. The minimum Gasteiger partial charge on any atom is -0.497 e. The van der Waals surface area contributed by atoms with E-state index in [1.807, 2.05) is 12.1 Å². The molecule has 0 saturated carbocycles. The van der Waals surface area contributed by atoms with Gasteiger partial charge in [0, 0.05) is 6.07 Å². The maximum Gasteiger partial charge on any atom is 0.150 e. The molecule has 0 radical (unpaired) electrons. The van der Waals surface area contributed by atoms with Crippen LogP contribution in [-0.4, -0.2) is 7.11 Å². The first-order valence-electron chi connectivity index (χ1n) is 5.34. The Kier molecular flexibility index (Phi) is 3.35. The number of para-hydroxylation sites is 2. The Balaban J connectivity index is 2.35. The quantitative estimate of drug-likeness (QED) is 0.837. The molecule has 4 heteroatoms. The molecule has 0 fully saturated rings. The van der Waals surface area contributed by atoms with Crippen LogP contribution in [0.15, 0.2) is 42.5 Å². The van der Waals surface area contributed by atoms with Gasteiger partial charge >= 0.3 is 0 Å². The average molecular weight is 240 g/mol. The number of rotatable bonds is 3. The molecule has 90 valence electrons. The maximum atomic E-state index is 8.92. The second-order valence-corrected chi connectivity index (χ2v) is 3.65. The van der Waals surface area contributed by atoms with Gasteiger partial charge in [0.05, 0.1) is 24.4 Å². The Labute approximate surface area is 105 Å². The molecule has 2 rings (SSSR count). The van der Waals surface area contributed by atoms with Gasteiger partial charge < -0.3 is 15.2 Å². The van der Waals surface area contributed by atoms with E-state index in [9.17, 15) is 0 Å². The van der Waals surface area contributed by atoms with Crippen LogP contribution in [0.4, 0.5) is 5.69 Å². The van der Waals surface area contributed by atoms with Crippen molar-refractivity contribution in [3.63, 3.8) is 0 Å². The predicted molar refractivity (Wildman–Crippen MR) is 68.6 cm³/mol. The summed E-state index contributed by atoms with van der Waals surface area (Å²) < 4.78 is 10.7. The third kappa shape index (κ3) is 2.53. The molecule has 0 heterocycles. The van der Waals surface area contributed by atoms with Gasteiger partial charge in [0.1, 0.15) is 17.2 Å². The summed E-state index contributed by atoms with van der Waals surface area (Å²) in [6.45, 7) is 0. The highest BCUT2D eigenvalue weighted by Gasteiger charge is 2.05. The molecular formula is C14H12N2O2. The molecule has 4 nitrogen and oxygen atoms in total. The van der Waals surface area contributed by atoms with Gasteiger partial charge in [-0.25, -0.2) is 0 Å². The molecule has 0 saturated heterocycles. The van der Waals surface area contributed by atoms with Gasteiger partial charge in [0.2, 0.25) is 0 Å². The summed E-state index contributed by atoms with van der Waals surface area (Å²) in [6.07, 6.45) is 0. The van der Waals surface area contributed by atoms with Crippen molar-refractivity contribution >= 4 is 5.69 Å². The number of ether oxygens (including phenoxy) is 2. The number of benzene rings is 2. The summed E-state index contributed by atoms with van der Waals surface area (Å²) in [7, 11) is 1.54. The van der Waals surface area contributed by atoms with Crippen LogP contribution in [0.1, 0.15) is 5.56 Å². The molecule has 0 spiro atoms. The third-order valence-electron chi connectivity index (χ3n) is 2.39. The van der Waals surface area contributed by atoms with Crippen LogP contribution in [0.5, 0.6) is 17.2 Å². The highest BCUT2D eigenvalue weighted by atomic mass is 16.5. The Hall–Kier alpha value is -2.67. The molecule has 0 aliphatic rings. The van der Waals surface area contributed by atoms with Gasteiger partial charge in [-0.1, -0.05) is 12.1 Å². The number of nitrogen functional groups attached to an aromatic ring is 1. The highest BCUT2D eigenvalue weighted by Crippen LogP contribution is 2.30. The number of methoxy groups -OCH3 is 1. The molecule has 0 aliphatic heterocycles. The molecule has 0 amide bonds. The lowest BCUT2D eigenvalue weighted by Crippen LogP contribution is -1.93. The molecule has 18 heavy (non-hydrogen) atoms. The zero-order valence-electron chi connectivity index (χ0n) is 9.88. The van der Waals surface area contributed by atoms with Crippen molar-refractivity contribution in [2.75, 3.05) is 12.8 Å². The topological polar surface area (TPSA) is 68.3 Å². The molecule has 2 aromatic carbocycles. The van der Waals surface area contributed by atoms with Crippen LogP contribution in [0.25, 0.3) is 0 Å². The second kappa shape index (κ2) is 5.11. The number of nitrogens with two attached hydrogens (primary N) is 1. The van der Waals surface area contributed by atoms with E-state index < -0.39 is 0 Å². The van der Waals surface area contributed by atoms with Crippen molar-refractivity contribution in [2.24, 2.45) is 0 Å². The molecule has 0 aromatic heterocycles. The zero-order chi connectivity index (χ0) is 13.0. The summed E-state index contributed by atoms with van der Waals surface area (Å²) in [5.41, 5.74) is 6.80. The van der Waals surface area contributed by atoms with Crippen LogP contribution >= 0.6 is 0 Å². The van der Waals surface area contributed by atoms with Crippen molar-refractivity contribution in [1.82, 2.24) is 0 Å². The Bertz CT molecular complexity index is 603. The standard InChI is InChI=1S/C14H12N2O2/c1-17-11-6-10(9-15)7-12(8-11)18-14-5-3-2-4-13(14)16/h2-8H,16H2,1H3. The predicted octanol–water partition coefficient (Wildman–Crippen LogP) is 2.94. The van der Waals surface area contributed by atoms with Crippen LogP contribution in [0.2, 0.25) is 0 Å². The lowest BCUT2D eigenvalue weighted by molar-refractivity contribution is 0.409. The Morgan fingerprint density at radius 2 is 1.83 bits per heavy atom. The number of nitrogens with zero attached hydrogens (tertiary/aromatic N) is 1. The summed E-state index contributed by atoms with van der Waals surface area (Å²) >= 11 is 0. The number of anilines is 1. The molecule has 0 atom stereocenters. The lowest BCUT2D eigenvalue weighted by Gasteiger charge is -2.09. The fraction of sp³-hybridized carbons (Fsp3) is 0.0714. The van der Waals surface area contributed by atoms with E-state index in [1.165, 1.54) is 7.11 Å². The summed E-state index contributed by atoms with van der Waals surface area (Å²) in [5, 5.41) is 8.92. The van der Waals surface area contributed by atoms with Gasteiger partial charge in [-0.05, 0) is 24.3 Å². The fourth-order valence-corrected chi connectivity index (χ4v) is 1.51. The van der Waals surface area contributed by atoms with Crippen LogP contribution in [-0.2, 0) is 0 Å². The third-order valence-corrected chi connectivity index (χ3v) is 2.39. The first kappa shape index (κ1) is 11.8. The van der Waals surface area contributed by atoms with Crippen LogP contribution in [0, 0.1) is 11.3 Å². The first-order chi connectivity index (χ1) is 8.72. The largest absolute Gasteiger partial charge is 0.497 e. The summed E-state index contributed by atoms with van der Waals surface area (Å²) in [6, 6.07) is 14.2. The fourth-order valence-electron chi connectivity index (χ4n) is 1.51. The van der Waals surface area contributed by atoms with E-state index in [0.29, 0.717) is 28.5 Å². The van der Waals surface area contributed by atoms with Crippen LogP contribution < -0.4 is 15.2 Å². The van der Waals surface area contributed by atoms with Crippen molar-refractivity contribution in [2.45, 2.75) is 0 Å². The second-order valence-electron chi connectivity index (χ2n) is 3.65. The van der Waals surface area contributed by atoms with Gasteiger partial charge in [-0.2, -0.15) is 5.26 Å². The summed E-state index contributed by atoms with van der Waals surface area (Å²) in [5.74, 6) is 1.64. The molecular weight excluding hydrogens is 228 g/mol. The molecule has 0 unspecified atom stereocenters. The number of hydrogen-bond donors (Lipinski definition) is 1. The number of hydrogen-bond acceptors (Lipinski definition) is 4. The summed E-state index contributed by atoms with van der Waals surface area (Å²) in [4.78, 5) is 0. The average Bonchev–Trinajstić information content (AvgIpc) is 2.41. The lowest BCUT2D eigenvalue weighted by atomic mass is 10.2. The Morgan fingerprint density at radius 1 is 1.11 bits per heavy atom. The van der Waals surface area contributed by atoms with E-state index in [2.05, 4.69) is 6.07 Å². The van der Waals surface area contributed by atoms with E-state index in [4.69, 9.17) is 20.5 Å². The van der Waals surface area contributed by atoms with Gasteiger partial charge in [0.15, 0.2) is 0 Å². The minimum absolute atomic E-state index is 0.471. The highest BCUT2D eigenvalue weighted by molar-refractivity contribution is 5.54. The number of nitriles is 1. The molecule has 2 N–H and O–H groups in total. The van der Waals surface area contributed by atoms with Crippen molar-refractivity contribution in [3.05, 3.63) is 48.0 Å². The molecule has 2 aromatic rings.